The van der Waals surface area contributed by atoms with Crippen LogP contribution in [0, 0.1) is 12.3 Å². The number of hydrogen-bond donors (Lipinski definition) is 1. The first-order chi connectivity index (χ1) is 20.3. The van der Waals surface area contributed by atoms with Gasteiger partial charge in [0.2, 0.25) is 11.9 Å². The zero-order valence-corrected chi connectivity index (χ0v) is 29.6. The van der Waals surface area contributed by atoms with E-state index in [1.165, 1.54) is 0 Å². The molecule has 1 radical (unpaired) electrons. The minimum atomic E-state index is -0.250. The number of rotatable bonds is 10. The van der Waals surface area contributed by atoms with Crippen LogP contribution in [0.1, 0.15) is 70.4 Å². The molecule has 44 heavy (non-hydrogen) atoms. The Kier molecular flexibility index (Phi) is 14.4. The molecule has 1 saturated heterocycles. The first kappa shape index (κ1) is 37.3. The number of aliphatic hydroxyl groups is 1. The van der Waals surface area contributed by atoms with Gasteiger partial charge in [0.1, 0.15) is 5.69 Å². The normalized spacial score (nSPS) is 13.5. The topological polar surface area (TPSA) is 152 Å². The molecule has 0 saturated carbocycles. The number of ether oxygens (including phenoxy) is 1. The summed E-state index contributed by atoms with van der Waals surface area (Å²) in [5, 5.41) is 17.2. The van der Waals surface area contributed by atoms with Crippen LogP contribution in [0.15, 0.2) is 31.0 Å². The SMILES string of the molecule is CC(C)(C)c1cn(-c2cnc(N3CCN(c4ncc(C(=O)CCCOCCO)cn4)CC3)nc2)nn1.[CH2-]C(=O)C(C)(C)C.[Y]. The summed E-state index contributed by atoms with van der Waals surface area (Å²) in [5.74, 6) is 1.25. The average Bonchev–Trinajstić information content (AvgIpc) is 3.49. The van der Waals surface area contributed by atoms with Crippen LogP contribution in [0.3, 0.4) is 0 Å². The molecule has 0 bridgehead atoms. The van der Waals surface area contributed by atoms with Crippen molar-refractivity contribution in [1.82, 2.24) is 34.9 Å². The molecule has 1 aliphatic heterocycles. The van der Waals surface area contributed by atoms with Gasteiger partial charge in [0.15, 0.2) is 5.78 Å². The van der Waals surface area contributed by atoms with E-state index in [1.807, 2.05) is 27.0 Å². The fourth-order valence-electron chi connectivity index (χ4n) is 3.71. The maximum Gasteiger partial charge on any atom is 0.225 e. The van der Waals surface area contributed by atoms with Crippen LogP contribution in [0.5, 0.6) is 0 Å². The van der Waals surface area contributed by atoms with E-state index in [9.17, 15) is 9.59 Å². The van der Waals surface area contributed by atoms with Crippen LogP contribution < -0.4 is 9.80 Å². The van der Waals surface area contributed by atoms with Crippen molar-refractivity contribution < 1.29 is 52.1 Å². The molecule has 1 aliphatic rings. The fraction of sp³-hybridized carbons (Fsp3) is 0.567. The predicted molar refractivity (Wildman–Crippen MR) is 163 cm³/mol. The maximum atomic E-state index is 12.3. The second-order valence-electron chi connectivity index (χ2n) is 12.3. The molecule has 14 heteroatoms. The molecule has 0 spiro atoms. The minimum Gasteiger partial charge on any atom is -0.394 e. The van der Waals surface area contributed by atoms with Crippen LogP contribution in [0.2, 0.25) is 0 Å². The number of anilines is 2. The summed E-state index contributed by atoms with van der Waals surface area (Å²) in [7, 11) is 0. The quantitative estimate of drug-likeness (QED) is 0.190. The Balaban J connectivity index is 0.000000756. The number of aliphatic hydroxyl groups excluding tert-OH is 1. The van der Waals surface area contributed by atoms with Gasteiger partial charge >= 0.3 is 0 Å². The summed E-state index contributed by atoms with van der Waals surface area (Å²) < 4.78 is 6.88. The number of carbonyl (C=O) groups is 2. The Morgan fingerprint density at radius 2 is 1.39 bits per heavy atom. The summed E-state index contributed by atoms with van der Waals surface area (Å²) in [6, 6.07) is 0. The van der Waals surface area contributed by atoms with Gasteiger partial charge in [-0.15, -0.1) is 5.10 Å². The van der Waals surface area contributed by atoms with Crippen LogP contribution in [-0.4, -0.2) is 97.6 Å². The van der Waals surface area contributed by atoms with Crippen LogP contribution in [0.25, 0.3) is 5.69 Å². The van der Waals surface area contributed by atoms with Crippen molar-refractivity contribution in [3.8, 4) is 5.69 Å². The molecule has 0 aromatic carbocycles. The van der Waals surface area contributed by atoms with E-state index in [0.717, 1.165) is 37.6 Å². The Morgan fingerprint density at radius 3 is 1.82 bits per heavy atom. The van der Waals surface area contributed by atoms with Gasteiger partial charge in [-0.25, -0.2) is 24.6 Å². The molecule has 0 unspecified atom stereocenters. The monoisotopic (exact) mass is 683 g/mol. The molecule has 237 valence electrons. The number of Topliss-reactive ketones (excluding diaryl/α,β-unsaturated/α-hetero) is 2. The standard InChI is InChI=1S/C24H33N9O3.C6H11O.Y/c1-24(2,3)21-17-33(30-29-21)19-15-27-23(28-16-19)32-8-6-31(7-9-32)22-25-13-18(14-26-22)20(35)5-4-11-36-12-10-34;1-5(7)6(2,3)4;/h13-17,34H,4-12H2,1-3H3;1H2,2-4H3;/q;-1;. The van der Waals surface area contributed by atoms with E-state index in [-0.39, 0.29) is 68.3 Å². The summed E-state index contributed by atoms with van der Waals surface area (Å²) in [6.45, 7) is 18.7. The molecule has 3 aromatic heterocycles. The van der Waals surface area contributed by atoms with E-state index >= 15 is 0 Å². The Labute approximate surface area is 285 Å². The smallest absolute Gasteiger partial charge is 0.225 e. The molecule has 0 aliphatic carbocycles. The average molecular weight is 684 g/mol. The number of aromatic nitrogens is 7. The first-order valence-electron chi connectivity index (χ1n) is 14.4. The molecular weight excluding hydrogens is 639 g/mol. The van der Waals surface area contributed by atoms with Crippen LogP contribution >= 0.6 is 0 Å². The predicted octanol–water partition coefficient (Wildman–Crippen LogP) is 2.88. The Bertz CT molecular complexity index is 1310. The van der Waals surface area contributed by atoms with E-state index in [0.29, 0.717) is 36.9 Å². The van der Waals surface area contributed by atoms with Crippen molar-refractivity contribution in [2.45, 2.75) is 59.8 Å². The van der Waals surface area contributed by atoms with Gasteiger partial charge in [-0.05, 0) is 11.8 Å². The number of ketones is 2. The molecule has 1 fully saturated rings. The van der Waals surface area contributed by atoms with Gasteiger partial charge in [-0.2, -0.15) is 0 Å². The van der Waals surface area contributed by atoms with Crippen LogP contribution in [0.4, 0.5) is 11.9 Å². The summed E-state index contributed by atoms with van der Waals surface area (Å²) in [5.41, 5.74) is 1.84. The number of piperazine rings is 1. The Hall–Kier alpha value is -2.87. The van der Waals surface area contributed by atoms with Crippen molar-refractivity contribution in [3.05, 3.63) is 49.2 Å². The second kappa shape index (κ2) is 17.0. The number of carbonyl (C=O) groups excluding carboxylic acids is 2. The summed E-state index contributed by atoms with van der Waals surface area (Å²) in [4.78, 5) is 44.8. The van der Waals surface area contributed by atoms with Crippen molar-refractivity contribution in [1.29, 1.82) is 0 Å². The summed E-state index contributed by atoms with van der Waals surface area (Å²) in [6.07, 6.45) is 9.55. The molecule has 1 N–H and O–H groups in total. The molecular formula is C30H44N9O4Y-. The summed E-state index contributed by atoms with van der Waals surface area (Å²) >= 11 is 0. The zero-order chi connectivity index (χ0) is 31.6. The molecule has 4 heterocycles. The molecule has 0 atom stereocenters. The molecule has 4 rings (SSSR count). The van der Waals surface area contributed by atoms with E-state index in [4.69, 9.17) is 9.84 Å². The second-order valence-corrected chi connectivity index (χ2v) is 12.3. The third-order valence-electron chi connectivity index (χ3n) is 6.72. The third kappa shape index (κ3) is 11.2. The fourth-order valence-corrected chi connectivity index (χ4v) is 3.71. The van der Waals surface area contributed by atoms with Gasteiger partial charge in [0, 0.05) is 95.5 Å². The van der Waals surface area contributed by atoms with Crippen molar-refractivity contribution in [2.24, 2.45) is 5.41 Å². The minimum absolute atomic E-state index is 0. The van der Waals surface area contributed by atoms with Gasteiger partial charge in [0.05, 0.1) is 43.1 Å². The van der Waals surface area contributed by atoms with Gasteiger partial charge in [-0.1, -0.05) is 46.8 Å². The third-order valence-corrected chi connectivity index (χ3v) is 6.72. The van der Waals surface area contributed by atoms with E-state index < -0.39 is 0 Å². The molecule has 3 aromatic rings. The maximum absolute atomic E-state index is 12.3. The van der Waals surface area contributed by atoms with Crippen molar-refractivity contribution in [2.75, 3.05) is 55.8 Å². The van der Waals surface area contributed by atoms with Gasteiger partial charge in [0.25, 0.3) is 0 Å². The van der Waals surface area contributed by atoms with Crippen LogP contribution in [-0.2, 0) is 47.7 Å². The van der Waals surface area contributed by atoms with Crippen molar-refractivity contribution >= 4 is 23.5 Å². The van der Waals surface area contributed by atoms with E-state index in [2.05, 4.69) is 67.7 Å². The number of nitrogens with zero attached hydrogens (tertiary/aromatic N) is 9. The molecule has 0 amide bonds. The Morgan fingerprint density at radius 1 is 0.886 bits per heavy atom. The van der Waals surface area contributed by atoms with Crippen molar-refractivity contribution in [3.63, 3.8) is 0 Å². The largest absolute Gasteiger partial charge is 0.394 e. The van der Waals surface area contributed by atoms with Gasteiger partial charge in [-0.3, -0.25) is 4.79 Å². The first-order valence-corrected chi connectivity index (χ1v) is 14.4. The molecule has 13 nitrogen and oxygen atoms in total. The van der Waals surface area contributed by atoms with E-state index in [1.54, 1.807) is 29.5 Å². The number of hydrogen-bond acceptors (Lipinski definition) is 12. The zero-order valence-electron chi connectivity index (χ0n) is 26.7. The van der Waals surface area contributed by atoms with Gasteiger partial charge < -0.3 is 31.4 Å².